The standard InChI is InChI=1S/C11H21NO3/c1-14-11(15-2)7-12(8-11)10-5-3-4-9(10)6-13/h9-10,13H,3-8H2,1-2H3. The van der Waals surface area contributed by atoms with Crippen LogP contribution in [0.5, 0.6) is 0 Å². The van der Waals surface area contributed by atoms with Crippen LogP contribution in [0.4, 0.5) is 0 Å². The summed E-state index contributed by atoms with van der Waals surface area (Å²) < 4.78 is 10.7. The average Bonchev–Trinajstić information content (AvgIpc) is 2.66. The summed E-state index contributed by atoms with van der Waals surface area (Å²) in [4.78, 5) is 2.38. The minimum Gasteiger partial charge on any atom is -0.396 e. The lowest BCUT2D eigenvalue weighted by Crippen LogP contribution is -2.67. The molecule has 88 valence electrons. The van der Waals surface area contributed by atoms with Crippen molar-refractivity contribution in [2.24, 2.45) is 5.92 Å². The SMILES string of the molecule is COC1(OC)CN(C2CCCC2CO)C1. The van der Waals surface area contributed by atoms with Crippen LogP contribution in [0.15, 0.2) is 0 Å². The van der Waals surface area contributed by atoms with Crippen molar-refractivity contribution in [2.75, 3.05) is 33.9 Å². The van der Waals surface area contributed by atoms with Crippen LogP contribution < -0.4 is 0 Å². The number of nitrogens with zero attached hydrogens (tertiary/aromatic N) is 1. The van der Waals surface area contributed by atoms with Gasteiger partial charge in [0.25, 0.3) is 0 Å². The molecular formula is C11H21NO3. The highest BCUT2D eigenvalue weighted by atomic mass is 16.7. The summed E-state index contributed by atoms with van der Waals surface area (Å²) in [5.74, 6) is 0.0690. The molecule has 1 saturated carbocycles. The molecule has 2 atom stereocenters. The number of hydrogen-bond acceptors (Lipinski definition) is 4. The molecule has 0 aromatic heterocycles. The molecule has 0 bridgehead atoms. The van der Waals surface area contributed by atoms with Gasteiger partial charge in [0.1, 0.15) is 0 Å². The minimum absolute atomic E-state index is 0.314. The van der Waals surface area contributed by atoms with Crippen LogP contribution in [0.1, 0.15) is 19.3 Å². The van der Waals surface area contributed by atoms with Crippen LogP contribution in [0, 0.1) is 5.92 Å². The van der Waals surface area contributed by atoms with Crippen LogP contribution >= 0.6 is 0 Å². The summed E-state index contributed by atoms with van der Waals surface area (Å²) in [5.41, 5.74) is 0. The first-order valence-electron chi connectivity index (χ1n) is 5.70. The van der Waals surface area contributed by atoms with Gasteiger partial charge in [0.15, 0.2) is 5.79 Å². The second kappa shape index (κ2) is 4.37. The Balaban J connectivity index is 1.88. The maximum absolute atomic E-state index is 9.26. The Bertz CT molecular complexity index is 210. The van der Waals surface area contributed by atoms with Gasteiger partial charge in [-0.15, -0.1) is 0 Å². The second-order valence-corrected chi connectivity index (χ2v) is 4.66. The third kappa shape index (κ3) is 1.91. The zero-order valence-electron chi connectivity index (χ0n) is 9.61. The van der Waals surface area contributed by atoms with E-state index >= 15 is 0 Å². The largest absolute Gasteiger partial charge is 0.396 e. The minimum atomic E-state index is -0.386. The molecule has 0 aromatic rings. The molecule has 1 saturated heterocycles. The van der Waals surface area contributed by atoms with Crippen molar-refractivity contribution >= 4 is 0 Å². The van der Waals surface area contributed by atoms with Crippen molar-refractivity contribution in [3.63, 3.8) is 0 Å². The van der Waals surface area contributed by atoms with Crippen molar-refractivity contribution in [2.45, 2.75) is 31.1 Å². The number of ether oxygens (including phenoxy) is 2. The van der Waals surface area contributed by atoms with Gasteiger partial charge < -0.3 is 14.6 Å². The molecule has 2 aliphatic rings. The number of rotatable bonds is 4. The Kier molecular flexibility index (Phi) is 3.30. The molecule has 0 spiro atoms. The summed E-state index contributed by atoms with van der Waals surface area (Å²) in [6.07, 6.45) is 3.60. The van der Waals surface area contributed by atoms with Crippen LogP contribution in [0.25, 0.3) is 0 Å². The van der Waals surface area contributed by atoms with E-state index in [0.29, 0.717) is 18.6 Å². The highest BCUT2D eigenvalue weighted by Gasteiger charge is 2.48. The fourth-order valence-electron chi connectivity index (χ4n) is 2.86. The van der Waals surface area contributed by atoms with Gasteiger partial charge in [0.05, 0.1) is 13.1 Å². The lowest BCUT2D eigenvalue weighted by molar-refractivity contribution is -0.284. The summed E-state index contributed by atoms with van der Waals surface area (Å²) in [7, 11) is 3.39. The first-order valence-corrected chi connectivity index (χ1v) is 5.70. The van der Waals surface area contributed by atoms with Gasteiger partial charge in [-0.05, 0) is 18.8 Å². The fourth-order valence-corrected chi connectivity index (χ4v) is 2.86. The zero-order valence-corrected chi connectivity index (χ0v) is 9.61. The van der Waals surface area contributed by atoms with E-state index in [-0.39, 0.29) is 5.79 Å². The van der Waals surface area contributed by atoms with E-state index in [1.54, 1.807) is 14.2 Å². The first-order chi connectivity index (χ1) is 7.24. The number of aliphatic hydroxyl groups is 1. The van der Waals surface area contributed by atoms with Crippen molar-refractivity contribution in [1.82, 2.24) is 4.90 Å². The van der Waals surface area contributed by atoms with Gasteiger partial charge >= 0.3 is 0 Å². The molecule has 15 heavy (non-hydrogen) atoms. The Labute approximate surface area is 91.2 Å². The van der Waals surface area contributed by atoms with Gasteiger partial charge in [-0.1, -0.05) is 6.42 Å². The highest BCUT2D eigenvalue weighted by molar-refractivity contribution is 4.97. The zero-order chi connectivity index (χ0) is 10.9. The maximum atomic E-state index is 9.26. The highest BCUT2D eigenvalue weighted by Crippen LogP contribution is 2.36. The Morgan fingerprint density at radius 3 is 2.47 bits per heavy atom. The average molecular weight is 215 g/mol. The Morgan fingerprint density at radius 2 is 1.93 bits per heavy atom. The van der Waals surface area contributed by atoms with Crippen LogP contribution in [-0.4, -0.2) is 55.8 Å². The molecule has 0 amide bonds. The quantitative estimate of drug-likeness (QED) is 0.691. The third-order valence-corrected chi connectivity index (χ3v) is 3.95. The summed E-state index contributed by atoms with van der Waals surface area (Å²) >= 11 is 0. The first kappa shape index (κ1) is 11.3. The lowest BCUT2D eigenvalue weighted by Gasteiger charge is -2.51. The van der Waals surface area contributed by atoms with Crippen LogP contribution in [0.3, 0.4) is 0 Å². The molecule has 2 unspecified atom stereocenters. The second-order valence-electron chi connectivity index (χ2n) is 4.66. The van der Waals surface area contributed by atoms with Gasteiger partial charge in [-0.3, -0.25) is 4.90 Å². The van der Waals surface area contributed by atoms with E-state index in [0.717, 1.165) is 19.5 Å². The smallest absolute Gasteiger partial charge is 0.193 e. The van der Waals surface area contributed by atoms with E-state index < -0.39 is 0 Å². The van der Waals surface area contributed by atoms with Crippen LogP contribution in [0.2, 0.25) is 0 Å². The number of hydrogen-bond donors (Lipinski definition) is 1. The molecule has 0 aromatic carbocycles. The molecule has 4 nitrogen and oxygen atoms in total. The van der Waals surface area contributed by atoms with E-state index in [9.17, 15) is 5.11 Å². The van der Waals surface area contributed by atoms with Gasteiger partial charge in [-0.25, -0.2) is 0 Å². The van der Waals surface area contributed by atoms with Crippen molar-refractivity contribution in [1.29, 1.82) is 0 Å². The van der Waals surface area contributed by atoms with E-state index in [2.05, 4.69) is 4.90 Å². The molecule has 1 aliphatic carbocycles. The van der Waals surface area contributed by atoms with Gasteiger partial charge in [0, 0.05) is 26.9 Å². The molecule has 2 fully saturated rings. The number of methoxy groups -OCH3 is 2. The molecule has 0 radical (unpaired) electrons. The molecular weight excluding hydrogens is 194 g/mol. The molecule has 4 heteroatoms. The summed E-state index contributed by atoms with van der Waals surface area (Å²) in [6, 6.07) is 0.536. The number of aliphatic hydroxyl groups excluding tert-OH is 1. The predicted molar refractivity (Wildman–Crippen MR) is 56.5 cm³/mol. The van der Waals surface area contributed by atoms with Crippen molar-refractivity contribution in [3.8, 4) is 0 Å². The maximum Gasteiger partial charge on any atom is 0.193 e. The normalized spacial score (nSPS) is 35.4. The monoisotopic (exact) mass is 215 g/mol. The van der Waals surface area contributed by atoms with E-state index in [4.69, 9.17) is 9.47 Å². The third-order valence-electron chi connectivity index (χ3n) is 3.95. The lowest BCUT2D eigenvalue weighted by atomic mass is 9.97. The summed E-state index contributed by atoms with van der Waals surface area (Å²) in [5, 5.41) is 9.26. The van der Waals surface area contributed by atoms with E-state index in [1.807, 2.05) is 0 Å². The Morgan fingerprint density at radius 1 is 1.27 bits per heavy atom. The predicted octanol–water partition coefficient (Wildman–Crippen LogP) is 0.452. The van der Waals surface area contributed by atoms with Gasteiger partial charge in [-0.2, -0.15) is 0 Å². The van der Waals surface area contributed by atoms with Crippen molar-refractivity contribution in [3.05, 3.63) is 0 Å². The fraction of sp³-hybridized carbons (Fsp3) is 1.00. The summed E-state index contributed by atoms with van der Waals surface area (Å²) in [6.45, 7) is 1.98. The molecule has 1 aliphatic heterocycles. The van der Waals surface area contributed by atoms with Crippen molar-refractivity contribution < 1.29 is 14.6 Å². The molecule has 2 rings (SSSR count). The van der Waals surface area contributed by atoms with E-state index in [1.165, 1.54) is 12.8 Å². The topological polar surface area (TPSA) is 41.9 Å². The number of likely N-dealkylation sites (tertiary alicyclic amines) is 1. The Hall–Kier alpha value is -0.160. The van der Waals surface area contributed by atoms with Gasteiger partial charge in [0.2, 0.25) is 0 Å². The van der Waals surface area contributed by atoms with Crippen LogP contribution in [-0.2, 0) is 9.47 Å². The molecule has 1 heterocycles. The molecule has 1 N–H and O–H groups in total.